The molecule has 1 aromatic carbocycles. The van der Waals surface area contributed by atoms with Gasteiger partial charge in [0.2, 0.25) is 0 Å². The minimum atomic E-state index is -0.263. The van der Waals surface area contributed by atoms with Gasteiger partial charge in [0, 0.05) is 25.8 Å². The van der Waals surface area contributed by atoms with Crippen molar-refractivity contribution in [2.45, 2.75) is 25.3 Å². The van der Waals surface area contributed by atoms with Crippen molar-refractivity contribution in [3.63, 3.8) is 0 Å². The molecule has 1 fully saturated rings. The van der Waals surface area contributed by atoms with Crippen molar-refractivity contribution < 1.29 is 9.18 Å². The van der Waals surface area contributed by atoms with E-state index in [1.807, 2.05) is 30.0 Å². The van der Waals surface area contributed by atoms with Gasteiger partial charge in [0.25, 0.3) is 5.91 Å². The molecule has 1 aliphatic heterocycles. The molecule has 2 heterocycles. The van der Waals surface area contributed by atoms with Gasteiger partial charge in [0.05, 0.1) is 16.6 Å². The molecule has 0 spiro atoms. The number of likely N-dealkylation sites (N-methyl/N-ethyl adjacent to an activating group) is 1. The summed E-state index contributed by atoms with van der Waals surface area (Å²) >= 11 is 6.38. The third kappa shape index (κ3) is 5.00. The lowest BCUT2D eigenvalue weighted by molar-refractivity contribution is 0.0724. The Bertz CT molecular complexity index is 824. The highest BCUT2D eigenvalue weighted by Gasteiger charge is 2.20. The number of pyridine rings is 1. The Balaban J connectivity index is 1.69. The smallest absolute Gasteiger partial charge is 0.255 e. The van der Waals surface area contributed by atoms with Gasteiger partial charge in [-0.05, 0) is 57.1 Å². The standard InChI is InChI=1S/C21H26ClFN4O/c1-26(2)19(15-7-6-8-17(23)11-15)14-25-20-18(22)12-16(13-24-20)21(28)27-9-4-3-5-10-27/h6-8,11-13,19H,3-5,9-10,14H2,1-2H3,(H,24,25). The lowest BCUT2D eigenvalue weighted by atomic mass is 10.1. The number of likely N-dealkylation sites (tertiary alicyclic amines) is 1. The van der Waals surface area contributed by atoms with Crippen molar-refractivity contribution in [2.75, 3.05) is 39.0 Å². The van der Waals surface area contributed by atoms with E-state index in [0.29, 0.717) is 22.9 Å². The van der Waals surface area contributed by atoms with Crippen LogP contribution < -0.4 is 5.32 Å². The Morgan fingerprint density at radius 1 is 1.29 bits per heavy atom. The van der Waals surface area contributed by atoms with Crippen LogP contribution in [0.3, 0.4) is 0 Å². The number of nitrogens with zero attached hydrogens (tertiary/aromatic N) is 3. The zero-order valence-corrected chi connectivity index (χ0v) is 17.0. The second-order valence-electron chi connectivity index (χ2n) is 7.32. The Morgan fingerprint density at radius 2 is 2.04 bits per heavy atom. The number of halogens is 2. The molecule has 1 aromatic heterocycles. The molecule has 0 bridgehead atoms. The van der Waals surface area contributed by atoms with Crippen LogP contribution in [-0.2, 0) is 0 Å². The number of carbonyl (C=O) groups excluding carboxylic acids is 1. The molecule has 1 atom stereocenters. The SMILES string of the molecule is CN(C)C(CNc1ncc(C(=O)N2CCCCC2)cc1Cl)c1cccc(F)c1. The number of benzene rings is 1. The van der Waals surface area contributed by atoms with Gasteiger partial charge in [-0.2, -0.15) is 0 Å². The van der Waals surface area contributed by atoms with Gasteiger partial charge in [-0.3, -0.25) is 4.79 Å². The number of carbonyl (C=O) groups is 1. The van der Waals surface area contributed by atoms with E-state index in [0.717, 1.165) is 31.5 Å². The lowest BCUT2D eigenvalue weighted by Crippen LogP contribution is -2.35. The Kier molecular flexibility index (Phi) is 6.86. The average molecular weight is 405 g/mol. The minimum Gasteiger partial charge on any atom is -0.367 e. The molecule has 1 amide bonds. The van der Waals surface area contributed by atoms with Crippen molar-refractivity contribution in [1.29, 1.82) is 0 Å². The van der Waals surface area contributed by atoms with Crippen molar-refractivity contribution in [3.05, 3.63) is 58.5 Å². The molecule has 7 heteroatoms. The predicted molar refractivity (Wildman–Crippen MR) is 110 cm³/mol. The molecule has 2 aromatic rings. The molecule has 1 unspecified atom stereocenters. The first kappa shape index (κ1) is 20.6. The number of aromatic nitrogens is 1. The van der Waals surface area contributed by atoms with Gasteiger partial charge in [-0.15, -0.1) is 0 Å². The van der Waals surface area contributed by atoms with Gasteiger partial charge in [-0.1, -0.05) is 23.7 Å². The maximum absolute atomic E-state index is 13.6. The number of piperidine rings is 1. The number of rotatable bonds is 6. The topological polar surface area (TPSA) is 48.5 Å². The van der Waals surface area contributed by atoms with E-state index >= 15 is 0 Å². The summed E-state index contributed by atoms with van der Waals surface area (Å²) in [4.78, 5) is 20.8. The fourth-order valence-corrected chi connectivity index (χ4v) is 3.70. The fraction of sp³-hybridized carbons (Fsp3) is 0.429. The minimum absolute atomic E-state index is 0.0217. The molecule has 0 aliphatic carbocycles. The maximum Gasteiger partial charge on any atom is 0.255 e. The van der Waals surface area contributed by atoms with Crippen LogP contribution in [0.5, 0.6) is 0 Å². The molecule has 1 aliphatic rings. The van der Waals surface area contributed by atoms with Crippen LogP contribution in [0.1, 0.15) is 41.2 Å². The summed E-state index contributed by atoms with van der Waals surface area (Å²) < 4.78 is 13.6. The largest absolute Gasteiger partial charge is 0.367 e. The number of amides is 1. The summed E-state index contributed by atoms with van der Waals surface area (Å²) in [6.07, 6.45) is 4.82. The highest BCUT2D eigenvalue weighted by atomic mass is 35.5. The highest BCUT2D eigenvalue weighted by molar-refractivity contribution is 6.33. The monoisotopic (exact) mass is 404 g/mol. The number of hydrogen-bond donors (Lipinski definition) is 1. The van der Waals surface area contributed by atoms with Crippen molar-refractivity contribution in [1.82, 2.24) is 14.8 Å². The fourth-order valence-electron chi connectivity index (χ4n) is 3.47. The number of nitrogens with one attached hydrogen (secondary N) is 1. The van der Waals surface area contributed by atoms with Gasteiger partial charge in [0.1, 0.15) is 11.6 Å². The van der Waals surface area contributed by atoms with Gasteiger partial charge < -0.3 is 15.1 Å². The third-order valence-corrected chi connectivity index (χ3v) is 5.34. The second kappa shape index (κ2) is 9.34. The van der Waals surface area contributed by atoms with Crippen molar-refractivity contribution in [3.8, 4) is 0 Å². The Morgan fingerprint density at radius 3 is 2.68 bits per heavy atom. The number of anilines is 1. The van der Waals surface area contributed by atoms with Crippen LogP contribution in [0.4, 0.5) is 10.2 Å². The van der Waals surface area contributed by atoms with Crippen molar-refractivity contribution in [2.24, 2.45) is 0 Å². The molecule has 1 saturated heterocycles. The Labute approximate surface area is 170 Å². The van der Waals surface area contributed by atoms with E-state index in [2.05, 4.69) is 10.3 Å². The van der Waals surface area contributed by atoms with Gasteiger partial charge in [-0.25, -0.2) is 9.37 Å². The first-order valence-electron chi connectivity index (χ1n) is 9.56. The van der Waals surface area contributed by atoms with E-state index < -0.39 is 0 Å². The van der Waals surface area contributed by atoms with Crippen LogP contribution in [0.15, 0.2) is 36.5 Å². The van der Waals surface area contributed by atoms with Crippen LogP contribution in [0, 0.1) is 5.82 Å². The van der Waals surface area contributed by atoms with Crippen LogP contribution >= 0.6 is 11.6 Å². The van der Waals surface area contributed by atoms with Crippen LogP contribution in [0.2, 0.25) is 5.02 Å². The molecule has 0 saturated carbocycles. The molecular weight excluding hydrogens is 379 g/mol. The molecular formula is C21H26ClFN4O. The molecule has 3 rings (SSSR count). The molecule has 28 heavy (non-hydrogen) atoms. The van der Waals surface area contributed by atoms with Crippen LogP contribution in [0.25, 0.3) is 0 Å². The van der Waals surface area contributed by atoms with E-state index in [-0.39, 0.29) is 17.8 Å². The van der Waals surface area contributed by atoms with Crippen LogP contribution in [-0.4, -0.2) is 54.4 Å². The highest BCUT2D eigenvalue weighted by Crippen LogP contribution is 2.24. The van der Waals surface area contributed by atoms with E-state index in [1.165, 1.54) is 18.6 Å². The first-order valence-corrected chi connectivity index (χ1v) is 9.94. The summed E-state index contributed by atoms with van der Waals surface area (Å²) in [5, 5.41) is 3.63. The van der Waals surface area contributed by atoms with E-state index in [4.69, 9.17) is 11.6 Å². The van der Waals surface area contributed by atoms with Crippen molar-refractivity contribution >= 4 is 23.3 Å². The summed E-state index contributed by atoms with van der Waals surface area (Å²) in [7, 11) is 3.87. The zero-order chi connectivity index (χ0) is 20.1. The van der Waals surface area contributed by atoms with Gasteiger partial charge >= 0.3 is 0 Å². The molecule has 1 N–H and O–H groups in total. The predicted octanol–water partition coefficient (Wildman–Crippen LogP) is 4.22. The normalized spacial score (nSPS) is 15.5. The average Bonchev–Trinajstić information content (AvgIpc) is 2.69. The zero-order valence-electron chi connectivity index (χ0n) is 16.3. The summed E-state index contributed by atoms with van der Waals surface area (Å²) in [5.41, 5.74) is 1.37. The Hall–Kier alpha value is -2.18. The van der Waals surface area contributed by atoms with E-state index in [1.54, 1.807) is 18.3 Å². The molecule has 0 radical (unpaired) electrons. The summed E-state index contributed by atoms with van der Waals surface area (Å²) in [6, 6.07) is 8.17. The van der Waals surface area contributed by atoms with E-state index in [9.17, 15) is 9.18 Å². The number of hydrogen-bond acceptors (Lipinski definition) is 4. The molecule has 5 nitrogen and oxygen atoms in total. The third-order valence-electron chi connectivity index (χ3n) is 5.05. The molecule has 150 valence electrons. The summed E-state index contributed by atoms with van der Waals surface area (Å²) in [6.45, 7) is 2.08. The van der Waals surface area contributed by atoms with Gasteiger partial charge in [0.15, 0.2) is 0 Å². The lowest BCUT2D eigenvalue weighted by Gasteiger charge is -2.27. The second-order valence-corrected chi connectivity index (χ2v) is 7.73. The first-order chi connectivity index (χ1) is 13.5. The summed E-state index contributed by atoms with van der Waals surface area (Å²) in [5.74, 6) is 0.229. The quantitative estimate of drug-likeness (QED) is 0.783. The maximum atomic E-state index is 13.6.